The quantitative estimate of drug-likeness (QED) is 0.468. The predicted octanol–water partition coefficient (Wildman–Crippen LogP) is 4.17. The molecule has 0 N–H and O–H groups in total. The molecule has 4 nitrogen and oxygen atoms in total. The molecule has 0 fully saturated rings. The fraction of sp³-hybridized carbons (Fsp3) is 0.133. The lowest BCUT2D eigenvalue weighted by atomic mass is 10.0. The highest BCUT2D eigenvalue weighted by atomic mass is 79.9. The number of halogens is 1. The molecule has 0 saturated heterocycles. The van der Waals surface area contributed by atoms with Crippen molar-refractivity contribution in [2.24, 2.45) is 0 Å². The summed E-state index contributed by atoms with van der Waals surface area (Å²) in [7, 11) is 0. The molecule has 0 aliphatic rings. The number of carbonyl (C=O) groups excluding carboxylic acids is 1. The average Bonchev–Trinajstić information content (AvgIpc) is 2.46. The van der Waals surface area contributed by atoms with E-state index in [1.807, 2.05) is 18.2 Å². The summed E-state index contributed by atoms with van der Waals surface area (Å²) in [6, 6.07) is 13.7. The van der Waals surface area contributed by atoms with Crippen LogP contribution in [-0.2, 0) is 6.42 Å². The van der Waals surface area contributed by atoms with E-state index in [1.165, 1.54) is 12.1 Å². The Morgan fingerprint density at radius 3 is 2.45 bits per heavy atom. The number of benzene rings is 2. The number of nitrogens with zero attached hydrogens (tertiary/aromatic N) is 1. The summed E-state index contributed by atoms with van der Waals surface area (Å²) in [6.07, 6.45) is 0.923. The number of ketones is 1. The SMILES string of the molecule is O=C(CCc1ccc([N+](=O)[O-])cc1Br)c1ccccc1. The molecule has 2 aromatic carbocycles. The summed E-state index contributed by atoms with van der Waals surface area (Å²) in [5.74, 6) is 0.0656. The highest BCUT2D eigenvalue weighted by Crippen LogP contribution is 2.24. The Morgan fingerprint density at radius 1 is 1.15 bits per heavy atom. The second-order valence-electron chi connectivity index (χ2n) is 4.32. The number of Topliss-reactive ketones (excluding diaryl/α,β-unsaturated/α-hetero) is 1. The van der Waals surface area contributed by atoms with Gasteiger partial charge in [0.2, 0.25) is 0 Å². The molecule has 102 valence electrons. The van der Waals surface area contributed by atoms with Crippen LogP contribution in [0, 0.1) is 10.1 Å². The Morgan fingerprint density at radius 2 is 1.85 bits per heavy atom. The van der Waals surface area contributed by atoms with Gasteiger partial charge in [0.15, 0.2) is 5.78 Å². The molecule has 2 aromatic rings. The standard InChI is InChI=1S/C15H12BrNO3/c16-14-10-13(17(19)20)8-6-11(14)7-9-15(18)12-4-2-1-3-5-12/h1-6,8,10H,7,9H2. The van der Waals surface area contributed by atoms with Gasteiger partial charge < -0.3 is 0 Å². The fourth-order valence-corrected chi connectivity index (χ4v) is 2.43. The summed E-state index contributed by atoms with van der Waals surface area (Å²) in [4.78, 5) is 22.2. The molecule has 0 radical (unpaired) electrons. The van der Waals surface area contributed by atoms with Crippen molar-refractivity contribution in [1.29, 1.82) is 0 Å². The van der Waals surface area contributed by atoms with Gasteiger partial charge in [0.05, 0.1) is 4.92 Å². The molecule has 5 heteroatoms. The zero-order chi connectivity index (χ0) is 14.5. The van der Waals surface area contributed by atoms with E-state index in [4.69, 9.17) is 0 Å². The monoisotopic (exact) mass is 333 g/mol. The van der Waals surface area contributed by atoms with Crippen LogP contribution < -0.4 is 0 Å². The Kier molecular flexibility index (Phi) is 4.63. The Bertz CT molecular complexity index is 641. The fourth-order valence-electron chi connectivity index (χ4n) is 1.87. The lowest BCUT2D eigenvalue weighted by Crippen LogP contribution is -2.01. The van der Waals surface area contributed by atoms with Gasteiger partial charge in [-0.2, -0.15) is 0 Å². The number of non-ortho nitro benzene ring substituents is 1. The maximum atomic E-state index is 12.0. The van der Waals surface area contributed by atoms with Crippen molar-refractivity contribution in [1.82, 2.24) is 0 Å². The van der Waals surface area contributed by atoms with Crippen LogP contribution in [-0.4, -0.2) is 10.7 Å². The number of hydrogen-bond donors (Lipinski definition) is 0. The third-order valence-corrected chi connectivity index (χ3v) is 3.70. The van der Waals surface area contributed by atoms with Gasteiger partial charge in [-0.15, -0.1) is 0 Å². The van der Waals surface area contributed by atoms with E-state index in [2.05, 4.69) is 15.9 Å². The lowest BCUT2D eigenvalue weighted by Gasteiger charge is -2.04. The molecular formula is C15H12BrNO3. The minimum absolute atomic E-state index is 0.0370. The molecule has 0 bridgehead atoms. The van der Waals surface area contributed by atoms with Crippen LogP contribution in [0.1, 0.15) is 22.3 Å². The summed E-state index contributed by atoms with van der Waals surface area (Å²) in [5.41, 5.74) is 1.61. The molecule has 0 aliphatic heterocycles. The molecule has 20 heavy (non-hydrogen) atoms. The van der Waals surface area contributed by atoms with E-state index in [-0.39, 0.29) is 11.5 Å². The molecule has 0 aliphatic carbocycles. The highest BCUT2D eigenvalue weighted by Gasteiger charge is 2.11. The maximum Gasteiger partial charge on any atom is 0.270 e. The molecule has 0 unspecified atom stereocenters. The first-order valence-electron chi connectivity index (χ1n) is 6.09. The normalized spacial score (nSPS) is 10.2. The van der Waals surface area contributed by atoms with Gasteiger partial charge in [-0.3, -0.25) is 14.9 Å². The first-order chi connectivity index (χ1) is 9.58. The largest absolute Gasteiger partial charge is 0.294 e. The third kappa shape index (κ3) is 3.51. The smallest absolute Gasteiger partial charge is 0.270 e. The Hall–Kier alpha value is -2.01. The van der Waals surface area contributed by atoms with Crippen molar-refractivity contribution < 1.29 is 9.72 Å². The molecule has 0 saturated carbocycles. The minimum Gasteiger partial charge on any atom is -0.294 e. The van der Waals surface area contributed by atoms with E-state index in [0.717, 1.165) is 5.56 Å². The van der Waals surface area contributed by atoms with Crippen molar-refractivity contribution in [3.8, 4) is 0 Å². The van der Waals surface area contributed by atoms with Crippen molar-refractivity contribution in [3.05, 3.63) is 74.2 Å². The van der Waals surface area contributed by atoms with Crippen LogP contribution in [0.5, 0.6) is 0 Å². The van der Waals surface area contributed by atoms with Crippen LogP contribution in [0.15, 0.2) is 53.0 Å². The second kappa shape index (κ2) is 6.43. The number of nitro groups is 1. The van der Waals surface area contributed by atoms with Crippen LogP contribution in [0.4, 0.5) is 5.69 Å². The predicted molar refractivity (Wildman–Crippen MR) is 79.9 cm³/mol. The number of carbonyl (C=O) groups is 1. The lowest BCUT2D eigenvalue weighted by molar-refractivity contribution is -0.384. The van der Waals surface area contributed by atoms with Crippen LogP contribution in [0.3, 0.4) is 0 Å². The maximum absolute atomic E-state index is 12.0. The molecule has 2 rings (SSSR count). The molecule has 0 aromatic heterocycles. The second-order valence-corrected chi connectivity index (χ2v) is 5.18. The van der Waals surface area contributed by atoms with E-state index >= 15 is 0 Å². The van der Waals surface area contributed by atoms with Gasteiger partial charge in [-0.05, 0) is 12.0 Å². The summed E-state index contributed by atoms with van der Waals surface area (Å²) in [5, 5.41) is 10.6. The van der Waals surface area contributed by atoms with Gasteiger partial charge in [0.25, 0.3) is 5.69 Å². The summed E-state index contributed by atoms with van der Waals surface area (Å²) < 4.78 is 0.660. The van der Waals surface area contributed by atoms with E-state index in [9.17, 15) is 14.9 Å². The third-order valence-electron chi connectivity index (χ3n) is 2.96. The van der Waals surface area contributed by atoms with Gasteiger partial charge in [-0.1, -0.05) is 52.3 Å². The van der Waals surface area contributed by atoms with Crippen molar-refractivity contribution in [2.45, 2.75) is 12.8 Å². The first-order valence-corrected chi connectivity index (χ1v) is 6.88. The van der Waals surface area contributed by atoms with Gasteiger partial charge in [-0.25, -0.2) is 0 Å². The molecular weight excluding hydrogens is 322 g/mol. The summed E-state index contributed by atoms with van der Waals surface area (Å²) >= 11 is 3.31. The molecule has 0 heterocycles. The first kappa shape index (κ1) is 14.4. The molecule has 0 spiro atoms. The topological polar surface area (TPSA) is 60.2 Å². The van der Waals surface area contributed by atoms with E-state index in [1.54, 1.807) is 18.2 Å². The van der Waals surface area contributed by atoms with E-state index in [0.29, 0.717) is 22.9 Å². The Labute approximate surface area is 124 Å². The number of rotatable bonds is 5. The zero-order valence-electron chi connectivity index (χ0n) is 10.6. The van der Waals surface area contributed by atoms with Crippen molar-refractivity contribution >= 4 is 27.4 Å². The highest BCUT2D eigenvalue weighted by molar-refractivity contribution is 9.10. The van der Waals surface area contributed by atoms with Gasteiger partial charge in [0, 0.05) is 28.6 Å². The van der Waals surface area contributed by atoms with Crippen molar-refractivity contribution in [2.75, 3.05) is 0 Å². The Balaban J connectivity index is 2.04. The van der Waals surface area contributed by atoms with Crippen LogP contribution in [0.25, 0.3) is 0 Å². The van der Waals surface area contributed by atoms with Crippen molar-refractivity contribution in [3.63, 3.8) is 0 Å². The van der Waals surface area contributed by atoms with Gasteiger partial charge in [0.1, 0.15) is 0 Å². The number of aryl methyl sites for hydroxylation is 1. The van der Waals surface area contributed by atoms with Gasteiger partial charge >= 0.3 is 0 Å². The zero-order valence-corrected chi connectivity index (χ0v) is 12.2. The number of hydrogen-bond acceptors (Lipinski definition) is 3. The van der Waals surface area contributed by atoms with Crippen LogP contribution in [0.2, 0.25) is 0 Å². The van der Waals surface area contributed by atoms with Crippen LogP contribution >= 0.6 is 15.9 Å². The minimum atomic E-state index is -0.441. The number of nitro benzene ring substituents is 1. The molecule has 0 amide bonds. The molecule has 0 atom stereocenters. The average molecular weight is 334 g/mol. The summed E-state index contributed by atoms with van der Waals surface area (Å²) in [6.45, 7) is 0. The van der Waals surface area contributed by atoms with E-state index < -0.39 is 4.92 Å².